The molecule has 1 aliphatic heterocycles. The highest BCUT2D eigenvalue weighted by molar-refractivity contribution is 6.36. The van der Waals surface area contributed by atoms with Crippen molar-refractivity contribution in [3.63, 3.8) is 0 Å². The second-order valence-corrected chi connectivity index (χ2v) is 8.64. The molecule has 1 aliphatic rings. The molecule has 1 aromatic heterocycles. The number of benzene rings is 1. The fraction of sp³-hybridized carbons (Fsp3) is 0.500. The summed E-state index contributed by atoms with van der Waals surface area (Å²) in [6.45, 7) is 3.12. The summed E-state index contributed by atoms with van der Waals surface area (Å²) < 4.78 is 12.8. The third-order valence-corrected chi connectivity index (χ3v) is 6.22. The molecule has 10 heteroatoms. The number of ether oxygens (including phenoxy) is 2. The van der Waals surface area contributed by atoms with E-state index in [9.17, 15) is 19.5 Å². The van der Waals surface area contributed by atoms with Crippen molar-refractivity contribution >= 4 is 29.2 Å². The maximum atomic E-state index is 12.3. The van der Waals surface area contributed by atoms with Crippen molar-refractivity contribution in [1.29, 1.82) is 0 Å². The van der Waals surface area contributed by atoms with Crippen LogP contribution in [0, 0.1) is 0 Å². The molecule has 3 rings (SSSR count). The van der Waals surface area contributed by atoms with Gasteiger partial charge in [0.15, 0.2) is 0 Å². The number of hydrogen-bond donors (Lipinski definition) is 2. The maximum absolute atomic E-state index is 12.3. The third-order valence-electron chi connectivity index (χ3n) is 5.52. The van der Waals surface area contributed by atoms with Gasteiger partial charge < -0.3 is 14.6 Å². The molecule has 0 bridgehead atoms. The SMILES string of the molecule is CCc1cn([C@H]2C[C@H](OC(C)=O)[C@@H](CCC(O)Cc3c(Cl)cccc3Cl)O2)c(=O)[nH]c1=O. The van der Waals surface area contributed by atoms with Gasteiger partial charge in [0.2, 0.25) is 0 Å². The van der Waals surface area contributed by atoms with Crippen LogP contribution < -0.4 is 11.2 Å². The van der Waals surface area contributed by atoms with Gasteiger partial charge in [0.05, 0.1) is 12.2 Å². The maximum Gasteiger partial charge on any atom is 0.330 e. The van der Waals surface area contributed by atoms with Crippen LogP contribution >= 0.6 is 23.2 Å². The Bertz CT molecular complexity index is 1060. The van der Waals surface area contributed by atoms with Crippen molar-refractivity contribution in [2.24, 2.45) is 0 Å². The Morgan fingerprint density at radius 2 is 2.03 bits per heavy atom. The van der Waals surface area contributed by atoms with Gasteiger partial charge in [0.1, 0.15) is 12.3 Å². The number of aliphatic hydroxyl groups is 1. The smallest absolute Gasteiger partial charge is 0.330 e. The van der Waals surface area contributed by atoms with Gasteiger partial charge in [0, 0.05) is 41.6 Å². The van der Waals surface area contributed by atoms with Gasteiger partial charge in [-0.2, -0.15) is 0 Å². The molecule has 1 unspecified atom stereocenters. The summed E-state index contributed by atoms with van der Waals surface area (Å²) in [5.74, 6) is -0.462. The molecule has 0 aliphatic carbocycles. The summed E-state index contributed by atoms with van der Waals surface area (Å²) in [6.07, 6.45) is 0.640. The molecule has 0 saturated carbocycles. The number of esters is 1. The second-order valence-electron chi connectivity index (χ2n) is 7.82. The summed E-state index contributed by atoms with van der Waals surface area (Å²) in [4.78, 5) is 38.1. The molecule has 0 spiro atoms. The Kier molecular flexibility index (Phi) is 8.16. The van der Waals surface area contributed by atoms with Crippen LogP contribution in [0.1, 0.15) is 50.5 Å². The fourth-order valence-electron chi connectivity index (χ4n) is 3.88. The lowest BCUT2D eigenvalue weighted by Gasteiger charge is -2.20. The van der Waals surface area contributed by atoms with E-state index in [-0.39, 0.29) is 12.8 Å². The second kappa shape index (κ2) is 10.7. The molecule has 1 fully saturated rings. The number of aliphatic hydroxyl groups excluding tert-OH is 1. The Labute approximate surface area is 195 Å². The van der Waals surface area contributed by atoms with E-state index in [2.05, 4.69) is 4.98 Å². The van der Waals surface area contributed by atoms with Gasteiger partial charge in [-0.3, -0.25) is 19.1 Å². The van der Waals surface area contributed by atoms with Crippen molar-refractivity contribution in [1.82, 2.24) is 9.55 Å². The number of nitrogens with zero attached hydrogens (tertiary/aromatic N) is 1. The number of aryl methyl sites for hydroxylation is 1. The summed E-state index contributed by atoms with van der Waals surface area (Å²) in [7, 11) is 0. The van der Waals surface area contributed by atoms with Gasteiger partial charge in [0.25, 0.3) is 5.56 Å². The zero-order chi connectivity index (χ0) is 23.4. The van der Waals surface area contributed by atoms with Crippen LogP contribution in [0.15, 0.2) is 34.0 Å². The molecule has 2 N–H and O–H groups in total. The highest BCUT2D eigenvalue weighted by Crippen LogP contribution is 2.33. The largest absolute Gasteiger partial charge is 0.460 e. The highest BCUT2D eigenvalue weighted by Gasteiger charge is 2.39. The Balaban J connectivity index is 1.71. The van der Waals surface area contributed by atoms with E-state index in [0.29, 0.717) is 40.4 Å². The molecule has 1 aromatic carbocycles. The summed E-state index contributed by atoms with van der Waals surface area (Å²) in [5, 5.41) is 11.5. The number of aromatic amines is 1. The predicted molar refractivity (Wildman–Crippen MR) is 120 cm³/mol. The van der Waals surface area contributed by atoms with E-state index >= 15 is 0 Å². The first-order valence-electron chi connectivity index (χ1n) is 10.5. The van der Waals surface area contributed by atoms with Gasteiger partial charge >= 0.3 is 11.7 Å². The first-order chi connectivity index (χ1) is 15.2. The van der Waals surface area contributed by atoms with Crippen LogP contribution in [0.4, 0.5) is 0 Å². The Morgan fingerprint density at radius 1 is 1.34 bits per heavy atom. The minimum Gasteiger partial charge on any atom is -0.460 e. The van der Waals surface area contributed by atoms with Crippen LogP contribution in [0.2, 0.25) is 10.0 Å². The van der Waals surface area contributed by atoms with Crippen LogP contribution in [-0.2, 0) is 27.1 Å². The first kappa shape index (κ1) is 24.5. The Hall–Kier alpha value is -2.13. The van der Waals surface area contributed by atoms with Crippen molar-refractivity contribution in [2.45, 2.75) is 70.5 Å². The van der Waals surface area contributed by atoms with E-state index in [4.69, 9.17) is 32.7 Å². The highest BCUT2D eigenvalue weighted by atomic mass is 35.5. The van der Waals surface area contributed by atoms with Crippen LogP contribution in [-0.4, -0.2) is 38.9 Å². The standard InChI is InChI=1S/C22H26Cl2N2O6/c1-3-13-11-26(22(30)25-21(13)29)20-10-19(31-12(2)27)18(32-20)8-7-14(28)9-15-16(23)5-4-6-17(15)24/h4-6,11,14,18-20,28H,3,7-10H2,1-2H3,(H,25,29,30)/t14?,18-,19+,20-/m1/s1. The lowest BCUT2D eigenvalue weighted by Crippen LogP contribution is -2.34. The lowest BCUT2D eigenvalue weighted by molar-refractivity contribution is -0.149. The molecule has 1 saturated heterocycles. The number of aromatic nitrogens is 2. The number of rotatable bonds is 8. The molecule has 32 heavy (non-hydrogen) atoms. The zero-order valence-corrected chi connectivity index (χ0v) is 19.4. The van der Waals surface area contributed by atoms with E-state index < -0.39 is 41.8 Å². The Morgan fingerprint density at radius 3 is 2.66 bits per heavy atom. The van der Waals surface area contributed by atoms with Gasteiger partial charge in [-0.05, 0) is 37.0 Å². The van der Waals surface area contributed by atoms with E-state index in [1.165, 1.54) is 17.7 Å². The summed E-state index contributed by atoms with van der Waals surface area (Å²) >= 11 is 12.4. The molecular formula is C22H26Cl2N2O6. The number of hydrogen-bond acceptors (Lipinski definition) is 6. The van der Waals surface area contributed by atoms with Crippen molar-refractivity contribution in [3.8, 4) is 0 Å². The zero-order valence-electron chi connectivity index (χ0n) is 17.8. The number of carbonyl (C=O) groups is 1. The minimum atomic E-state index is -0.740. The van der Waals surface area contributed by atoms with Crippen LogP contribution in [0.5, 0.6) is 0 Å². The molecular weight excluding hydrogens is 459 g/mol. The number of halogens is 2. The fourth-order valence-corrected chi connectivity index (χ4v) is 4.43. The number of carbonyl (C=O) groups excluding carboxylic acids is 1. The molecule has 174 valence electrons. The summed E-state index contributed by atoms with van der Waals surface area (Å²) in [6, 6.07) is 5.16. The van der Waals surface area contributed by atoms with Crippen molar-refractivity contribution in [3.05, 3.63) is 66.4 Å². The quantitative estimate of drug-likeness (QED) is 0.557. The van der Waals surface area contributed by atoms with Gasteiger partial charge in [-0.15, -0.1) is 0 Å². The monoisotopic (exact) mass is 484 g/mol. The third kappa shape index (κ3) is 5.81. The molecule has 0 radical (unpaired) electrons. The van der Waals surface area contributed by atoms with Crippen molar-refractivity contribution in [2.75, 3.05) is 0 Å². The normalized spacial score (nSPS) is 21.5. The number of nitrogens with one attached hydrogen (secondary N) is 1. The molecule has 2 heterocycles. The van der Waals surface area contributed by atoms with Crippen molar-refractivity contribution < 1.29 is 19.4 Å². The molecule has 2 aromatic rings. The predicted octanol–water partition coefficient (Wildman–Crippen LogP) is 3.01. The van der Waals surface area contributed by atoms with E-state index in [1.54, 1.807) is 18.2 Å². The number of H-pyrrole nitrogens is 1. The van der Waals surface area contributed by atoms with Gasteiger partial charge in [-0.25, -0.2) is 4.79 Å². The van der Waals surface area contributed by atoms with Gasteiger partial charge in [-0.1, -0.05) is 36.2 Å². The first-order valence-corrected chi connectivity index (χ1v) is 11.2. The average molecular weight is 485 g/mol. The molecule has 8 nitrogen and oxygen atoms in total. The average Bonchev–Trinajstić information content (AvgIpc) is 3.11. The summed E-state index contributed by atoms with van der Waals surface area (Å²) in [5.41, 5.74) is 0.0960. The lowest BCUT2D eigenvalue weighted by atomic mass is 10.0. The van der Waals surface area contributed by atoms with E-state index in [1.807, 2.05) is 6.92 Å². The topological polar surface area (TPSA) is 111 Å². The van der Waals surface area contributed by atoms with E-state index in [0.717, 1.165) is 0 Å². The molecule has 0 amide bonds. The molecule has 4 atom stereocenters. The minimum absolute atomic E-state index is 0.256. The van der Waals surface area contributed by atoms with Crippen LogP contribution in [0.3, 0.4) is 0 Å². The van der Waals surface area contributed by atoms with Crippen LogP contribution in [0.25, 0.3) is 0 Å².